The standard InChI is InChI=1S/C11H19NO3/c1-10-6-13-11(14-7-10,15-8-10)4-9-2-3-12-5-9/h9,12H,2-8H2,1H3. The number of rotatable bonds is 2. The Morgan fingerprint density at radius 1 is 1.20 bits per heavy atom. The molecule has 4 aliphatic rings. The molecule has 0 aromatic carbocycles. The van der Waals surface area contributed by atoms with Gasteiger partial charge in [-0.15, -0.1) is 0 Å². The fraction of sp³-hybridized carbons (Fsp3) is 1.00. The molecule has 1 atom stereocenters. The van der Waals surface area contributed by atoms with Crippen molar-refractivity contribution >= 4 is 0 Å². The second kappa shape index (κ2) is 3.42. The lowest BCUT2D eigenvalue weighted by molar-refractivity contribution is -0.469. The highest BCUT2D eigenvalue weighted by Gasteiger charge is 2.51. The van der Waals surface area contributed by atoms with E-state index in [1.54, 1.807) is 0 Å². The van der Waals surface area contributed by atoms with Crippen LogP contribution in [0, 0.1) is 11.3 Å². The smallest absolute Gasteiger partial charge is 0.283 e. The molecular formula is C11H19NO3. The molecular weight excluding hydrogens is 194 g/mol. The van der Waals surface area contributed by atoms with E-state index in [4.69, 9.17) is 14.2 Å². The molecule has 0 aliphatic carbocycles. The third-order valence-corrected chi connectivity index (χ3v) is 3.62. The van der Waals surface area contributed by atoms with Crippen LogP contribution >= 0.6 is 0 Å². The lowest BCUT2D eigenvalue weighted by atomic mass is 9.90. The molecule has 0 amide bonds. The van der Waals surface area contributed by atoms with Gasteiger partial charge < -0.3 is 19.5 Å². The first-order valence-electron chi connectivity index (χ1n) is 5.82. The molecule has 2 bridgehead atoms. The van der Waals surface area contributed by atoms with Crippen LogP contribution in [0.1, 0.15) is 19.8 Å². The summed E-state index contributed by atoms with van der Waals surface area (Å²) < 4.78 is 17.3. The van der Waals surface area contributed by atoms with Crippen LogP contribution in [0.4, 0.5) is 0 Å². The van der Waals surface area contributed by atoms with Gasteiger partial charge in [0.2, 0.25) is 0 Å². The largest absolute Gasteiger partial charge is 0.327 e. The Bertz CT molecular complexity index is 226. The van der Waals surface area contributed by atoms with E-state index in [0.29, 0.717) is 5.92 Å². The van der Waals surface area contributed by atoms with E-state index in [1.165, 1.54) is 6.42 Å². The van der Waals surface area contributed by atoms with Gasteiger partial charge in [-0.1, -0.05) is 6.92 Å². The topological polar surface area (TPSA) is 39.7 Å². The van der Waals surface area contributed by atoms with Gasteiger partial charge in [0, 0.05) is 11.8 Å². The number of fused-ring (bicyclic) bond motifs is 3. The van der Waals surface area contributed by atoms with E-state index in [2.05, 4.69) is 12.2 Å². The summed E-state index contributed by atoms with van der Waals surface area (Å²) in [6.07, 6.45) is 2.07. The van der Waals surface area contributed by atoms with Crippen LogP contribution < -0.4 is 5.32 Å². The van der Waals surface area contributed by atoms with E-state index in [9.17, 15) is 0 Å². The average Bonchev–Trinajstić information content (AvgIpc) is 2.73. The highest BCUT2D eigenvalue weighted by Crippen LogP contribution is 2.41. The number of ether oxygens (including phenoxy) is 3. The Morgan fingerprint density at radius 3 is 2.40 bits per heavy atom. The highest BCUT2D eigenvalue weighted by atomic mass is 16.9. The molecule has 1 N–H and O–H groups in total. The van der Waals surface area contributed by atoms with Gasteiger partial charge >= 0.3 is 0 Å². The van der Waals surface area contributed by atoms with Crippen molar-refractivity contribution < 1.29 is 14.2 Å². The molecule has 0 aromatic heterocycles. The first-order valence-corrected chi connectivity index (χ1v) is 5.82. The lowest BCUT2D eigenvalue weighted by Crippen LogP contribution is -2.59. The average molecular weight is 213 g/mol. The van der Waals surface area contributed by atoms with Crippen molar-refractivity contribution in [3.8, 4) is 0 Å². The Morgan fingerprint density at radius 2 is 1.87 bits per heavy atom. The van der Waals surface area contributed by atoms with Gasteiger partial charge in [0.25, 0.3) is 5.97 Å². The third kappa shape index (κ3) is 1.80. The summed E-state index contributed by atoms with van der Waals surface area (Å²) >= 11 is 0. The van der Waals surface area contributed by atoms with Gasteiger partial charge in [-0.05, 0) is 25.4 Å². The van der Waals surface area contributed by atoms with Crippen molar-refractivity contribution in [1.82, 2.24) is 5.32 Å². The van der Waals surface area contributed by atoms with Crippen molar-refractivity contribution in [3.63, 3.8) is 0 Å². The summed E-state index contributed by atoms with van der Waals surface area (Å²) in [5, 5.41) is 3.36. The Labute approximate surface area is 90.3 Å². The molecule has 15 heavy (non-hydrogen) atoms. The van der Waals surface area contributed by atoms with E-state index in [0.717, 1.165) is 39.3 Å². The van der Waals surface area contributed by atoms with Crippen molar-refractivity contribution in [3.05, 3.63) is 0 Å². The fourth-order valence-corrected chi connectivity index (χ4v) is 2.52. The molecule has 4 nitrogen and oxygen atoms in total. The lowest BCUT2D eigenvalue weighted by Gasteiger charge is -2.51. The number of nitrogens with one attached hydrogen (secondary N) is 1. The molecule has 0 radical (unpaired) electrons. The highest BCUT2D eigenvalue weighted by molar-refractivity contribution is 4.87. The van der Waals surface area contributed by atoms with Crippen molar-refractivity contribution in [2.24, 2.45) is 11.3 Å². The fourth-order valence-electron chi connectivity index (χ4n) is 2.52. The van der Waals surface area contributed by atoms with E-state index >= 15 is 0 Å². The van der Waals surface area contributed by atoms with Gasteiger partial charge in [-0.25, -0.2) is 0 Å². The molecule has 0 spiro atoms. The molecule has 4 saturated heterocycles. The maximum atomic E-state index is 5.76. The molecule has 4 heterocycles. The van der Waals surface area contributed by atoms with Gasteiger partial charge in [0.1, 0.15) is 0 Å². The van der Waals surface area contributed by atoms with E-state index in [-0.39, 0.29) is 5.41 Å². The van der Waals surface area contributed by atoms with E-state index in [1.807, 2.05) is 0 Å². The molecule has 1 unspecified atom stereocenters. The normalized spacial score (nSPS) is 49.8. The monoisotopic (exact) mass is 213 g/mol. The summed E-state index contributed by atoms with van der Waals surface area (Å²) in [7, 11) is 0. The zero-order chi connectivity index (χ0) is 10.4. The number of hydrogen-bond donors (Lipinski definition) is 1. The quantitative estimate of drug-likeness (QED) is 0.734. The molecule has 0 aromatic rings. The maximum Gasteiger partial charge on any atom is 0.283 e. The van der Waals surface area contributed by atoms with Crippen LogP contribution in [0.15, 0.2) is 0 Å². The zero-order valence-electron chi connectivity index (χ0n) is 9.25. The minimum absolute atomic E-state index is 0.0790. The van der Waals surface area contributed by atoms with Gasteiger partial charge in [-0.3, -0.25) is 0 Å². The van der Waals surface area contributed by atoms with Gasteiger partial charge in [-0.2, -0.15) is 0 Å². The van der Waals surface area contributed by atoms with Crippen LogP contribution in [0.25, 0.3) is 0 Å². The predicted molar refractivity (Wildman–Crippen MR) is 54.3 cm³/mol. The van der Waals surface area contributed by atoms with Gasteiger partial charge in [0.15, 0.2) is 0 Å². The Hall–Kier alpha value is -0.160. The minimum atomic E-state index is -0.714. The van der Waals surface area contributed by atoms with Crippen molar-refractivity contribution in [2.45, 2.75) is 25.7 Å². The van der Waals surface area contributed by atoms with Crippen LogP contribution in [0.3, 0.4) is 0 Å². The maximum absolute atomic E-state index is 5.76. The zero-order valence-corrected chi connectivity index (χ0v) is 9.25. The van der Waals surface area contributed by atoms with Crippen molar-refractivity contribution in [2.75, 3.05) is 32.9 Å². The molecule has 4 rings (SSSR count). The van der Waals surface area contributed by atoms with Crippen molar-refractivity contribution in [1.29, 1.82) is 0 Å². The van der Waals surface area contributed by atoms with Crippen LogP contribution in [0.5, 0.6) is 0 Å². The van der Waals surface area contributed by atoms with Crippen LogP contribution in [-0.2, 0) is 14.2 Å². The summed E-state index contributed by atoms with van der Waals surface area (Å²) in [4.78, 5) is 0. The molecule has 4 heteroatoms. The second-order valence-electron chi connectivity index (χ2n) is 5.42. The SMILES string of the molecule is CC12COC(CC3CCNC3)(OC1)OC2. The van der Waals surface area contributed by atoms with Gasteiger partial charge in [0.05, 0.1) is 19.8 Å². The number of hydrogen-bond acceptors (Lipinski definition) is 4. The third-order valence-electron chi connectivity index (χ3n) is 3.62. The molecule has 86 valence electrons. The Balaban J connectivity index is 1.65. The molecule has 0 saturated carbocycles. The van der Waals surface area contributed by atoms with E-state index < -0.39 is 5.97 Å². The molecule has 4 aliphatic heterocycles. The molecule has 4 fully saturated rings. The van der Waals surface area contributed by atoms with Crippen LogP contribution in [-0.4, -0.2) is 38.9 Å². The van der Waals surface area contributed by atoms with Crippen LogP contribution in [0.2, 0.25) is 0 Å². The Kier molecular flexibility index (Phi) is 2.28. The first-order chi connectivity index (χ1) is 7.20. The summed E-state index contributed by atoms with van der Waals surface area (Å²) in [5.74, 6) is -0.0819. The predicted octanol–water partition coefficient (Wildman–Crippen LogP) is 0.723. The summed E-state index contributed by atoms with van der Waals surface area (Å²) in [6, 6.07) is 0. The summed E-state index contributed by atoms with van der Waals surface area (Å²) in [5.41, 5.74) is 0.0790. The summed E-state index contributed by atoms with van der Waals surface area (Å²) in [6.45, 7) is 6.63. The first kappa shape index (κ1) is 10.0. The minimum Gasteiger partial charge on any atom is -0.327 e. The second-order valence-corrected chi connectivity index (χ2v) is 5.42.